The highest BCUT2D eigenvalue weighted by Crippen LogP contribution is 2.14. The summed E-state index contributed by atoms with van der Waals surface area (Å²) in [6.07, 6.45) is 0.693. The largest absolute Gasteiger partial charge is 0.508 e. The zero-order valence-electron chi connectivity index (χ0n) is 13.9. The summed E-state index contributed by atoms with van der Waals surface area (Å²) in [5.74, 6) is -0.996. The van der Waals surface area contributed by atoms with Crippen LogP contribution in [0.3, 0.4) is 0 Å². The minimum absolute atomic E-state index is 0.113. The summed E-state index contributed by atoms with van der Waals surface area (Å²) in [4.78, 5) is 33.7. The van der Waals surface area contributed by atoms with Gasteiger partial charge in [0.15, 0.2) is 0 Å². The summed E-state index contributed by atoms with van der Waals surface area (Å²) in [7, 11) is 0. The fourth-order valence-corrected chi connectivity index (χ4v) is 2.38. The summed E-state index contributed by atoms with van der Waals surface area (Å²) in [5.41, 5.74) is 1.56. The van der Waals surface area contributed by atoms with Gasteiger partial charge in [-0.15, -0.1) is 0 Å². The molecule has 1 atom stereocenters. The zero-order valence-corrected chi connectivity index (χ0v) is 13.9. The van der Waals surface area contributed by atoms with E-state index in [9.17, 15) is 24.6 Å². The van der Waals surface area contributed by atoms with E-state index in [1.165, 1.54) is 12.1 Å². The van der Waals surface area contributed by atoms with Crippen molar-refractivity contribution in [3.8, 4) is 11.5 Å². The number of ether oxygens (including phenoxy) is 1. The second-order valence-electron chi connectivity index (χ2n) is 5.69. The standard InChI is InChI=1S/C19H19NO6/c21-12-26-16-8-3-14(4-9-16)11-17(19(24)25)20-18(23)10-5-13-1-6-15(22)7-2-13/h1-4,6-9,12,17,22H,5,10-11H2,(H,20,23)(H,24,25). The summed E-state index contributed by atoms with van der Waals surface area (Å²) >= 11 is 0. The van der Waals surface area contributed by atoms with Crippen LogP contribution in [0.5, 0.6) is 11.5 Å². The highest BCUT2D eigenvalue weighted by molar-refractivity contribution is 5.83. The number of aromatic hydroxyl groups is 1. The molecule has 0 aliphatic rings. The second-order valence-corrected chi connectivity index (χ2v) is 5.69. The molecule has 1 amide bonds. The second kappa shape index (κ2) is 9.22. The van der Waals surface area contributed by atoms with Crippen molar-refractivity contribution in [3.05, 3.63) is 59.7 Å². The highest BCUT2D eigenvalue weighted by atomic mass is 16.5. The van der Waals surface area contributed by atoms with Gasteiger partial charge in [-0.05, 0) is 41.8 Å². The number of amides is 1. The Bertz CT molecular complexity index is 755. The summed E-state index contributed by atoms with van der Waals surface area (Å²) in [6, 6.07) is 11.8. The molecule has 0 bridgehead atoms. The SMILES string of the molecule is O=COc1ccc(CC(NC(=O)CCc2ccc(O)cc2)C(=O)O)cc1. The molecule has 0 saturated heterocycles. The Kier molecular flexibility index (Phi) is 6.73. The Morgan fingerprint density at radius 3 is 2.23 bits per heavy atom. The number of carboxylic acid groups (broad SMARTS) is 1. The minimum atomic E-state index is -1.13. The maximum Gasteiger partial charge on any atom is 0.326 e. The van der Waals surface area contributed by atoms with E-state index in [4.69, 9.17) is 0 Å². The van der Waals surface area contributed by atoms with Gasteiger partial charge in [0, 0.05) is 12.8 Å². The molecule has 1 unspecified atom stereocenters. The number of aryl methyl sites for hydroxylation is 1. The number of benzene rings is 2. The Hall–Kier alpha value is -3.35. The molecular weight excluding hydrogens is 338 g/mol. The van der Waals surface area contributed by atoms with E-state index in [1.807, 2.05) is 0 Å². The van der Waals surface area contributed by atoms with Crippen LogP contribution < -0.4 is 10.1 Å². The molecular formula is C19H19NO6. The number of rotatable bonds is 9. The third-order valence-corrected chi connectivity index (χ3v) is 3.76. The van der Waals surface area contributed by atoms with E-state index < -0.39 is 12.0 Å². The maximum absolute atomic E-state index is 12.0. The van der Waals surface area contributed by atoms with Crippen LogP contribution in [0.4, 0.5) is 0 Å². The third-order valence-electron chi connectivity index (χ3n) is 3.76. The van der Waals surface area contributed by atoms with Crippen molar-refractivity contribution < 1.29 is 29.3 Å². The molecule has 7 nitrogen and oxygen atoms in total. The number of phenols is 1. The van der Waals surface area contributed by atoms with Crippen molar-refractivity contribution in [2.24, 2.45) is 0 Å². The van der Waals surface area contributed by atoms with Crippen LogP contribution >= 0.6 is 0 Å². The van der Waals surface area contributed by atoms with Crippen LogP contribution in [-0.4, -0.2) is 34.6 Å². The van der Waals surface area contributed by atoms with Crippen LogP contribution in [0.1, 0.15) is 17.5 Å². The van der Waals surface area contributed by atoms with Crippen LogP contribution in [0, 0.1) is 0 Å². The molecule has 0 aliphatic heterocycles. The first-order valence-electron chi connectivity index (χ1n) is 7.97. The average Bonchev–Trinajstić information content (AvgIpc) is 2.62. The van der Waals surface area contributed by atoms with E-state index in [0.29, 0.717) is 24.2 Å². The van der Waals surface area contributed by atoms with E-state index in [0.717, 1.165) is 5.56 Å². The number of hydrogen-bond acceptors (Lipinski definition) is 5. The first-order chi connectivity index (χ1) is 12.5. The molecule has 2 aromatic carbocycles. The molecule has 26 heavy (non-hydrogen) atoms. The van der Waals surface area contributed by atoms with Crippen molar-refractivity contribution in [1.29, 1.82) is 0 Å². The molecule has 0 saturated carbocycles. The van der Waals surface area contributed by atoms with Gasteiger partial charge < -0.3 is 20.3 Å². The van der Waals surface area contributed by atoms with Gasteiger partial charge >= 0.3 is 5.97 Å². The number of aliphatic carboxylic acids is 1. The molecule has 0 heterocycles. The Balaban J connectivity index is 1.90. The van der Waals surface area contributed by atoms with Gasteiger partial charge in [0.2, 0.25) is 5.91 Å². The third kappa shape index (κ3) is 5.94. The number of carbonyl (C=O) groups is 3. The number of hydrogen-bond donors (Lipinski definition) is 3. The molecule has 0 radical (unpaired) electrons. The van der Waals surface area contributed by atoms with Gasteiger partial charge in [0.05, 0.1) is 0 Å². The van der Waals surface area contributed by atoms with Crippen LogP contribution in [0.15, 0.2) is 48.5 Å². The van der Waals surface area contributed by atoms with Gasteiger partial charge in [0.1, 0.15) is 17.5 Å². The molecule has 136 valence electrons. The molecule has 0 aromatic heterocycles. The lowest BCUT2D eigenvalue weighted by Crippen LogP contribution is -2.42. The molecule has 2 rings (SSSR count). The molecule has 0 spiro atoms. The number of phenolic OH excluding ortho intramolecular Hbond substituents is 1. The van der Waals surface area contributed by atoms with E-state index >= 15 is 0 Å². The van der Waals surface area contributed by atoms with E-state index in [1.54, 1.807) is 36.4 Å². The predicted molar refractivity (Wildman–Crippen MR) is 92.8 cm³/mol. The zero-order chi connectivity index (χ0) is 18.9. The van der Waals surface area contributed by atoms with Gasteiger partial charge in [0.25, 0.3) is 6.47 Å². The Morgan fingerprint density at radius 2 is 1.65 bits per heavy atom. The van der Waals surface area contributed by atoms with E-state index in [2.05, 4.69) is 10.1 Å². The molecule has 3 N–H and O–H groups in total. The first-order valence-corrected chi connectivity index (χ1v) is 7.97. The summed E-state index contributed by atoms with van der Waals surface area (Å²) < 4.78 is 4.68. The van der Waals surface area contributed by atoms with E-state index in [-0.39, 0.29) is 24.5 Å². The van der Waals surface area contributed by atoms with Crippen molar-refractivity contribution >= 4 is 18.3 Å². The molecule has 2 aromatic rings. The number of carboxylic acids is 1. The van der Waals surface area contributed by atoms with Gasteiger partial charge in [-0.25, -0.2) is 4.79 Å². The molecule has 0 aliphatic carbocycles. The Morgan fingerprint density at radius 1 is 1.04 bits per heavy atom. The summed E-state index contributed by atoms with van der Waals surface area (Å²) in [5, 5.41) is 21.1. The fraction of sp³-hybridized carbons (Fsp3) is 0.211. The number of nitrogens with one attached hydrogen (secondary N) is 1. The van der Waals surface area contributed by atoms with Gasteiger partial charge in [-0.2, -0.15) is 0 Å². The van der Waals surface area contributed by atoms with Gasteiger partial charge in [-0.3, -0.25) is 9.59 Å². The van der Waals surface area contributed by atoms with Crippen molar-refractivity contribution in [2.45, 2.75) is 25.3 Å². The quantitative estimate of drug-likeness (QED) is 0.589. The lowest BCUT2D eigenvalue weighted by Gasteiger charge is -2.15. The Labute approximate surface area is 150 Å². The normalized spacial score (nSPS) is 11.4. The monoisotopic (exact) mass is 357 g/mol. The van der Waals surface area contributed by atoms with Crippen molar-refractivity contribution in [2.75, 3.05) is 0 Å². The van der Waals surface area contributed by atoms with Crippen LogP contribution in [0.25, 0.3) is 0 Å². The predicted octanol–water partition coefficient (Wildman–Crippen LogP) is 1.67. The maximum atomic E-state index is 12.0. The van der Waals surface area contributed by atoms with Crippen molar-refractivity contribution in [3.63, 3.8) is 0 Å². The number of carbonyl (C=O) groups excluding carboxylic acids is 2. The van der Waals surface area contributed by atoms with Crippen LogP contribution in [0.2, 0.25) is 0 Å². The van der Waals surface area contributed by atoms with Crippen LogP contribution in [-0.2, 0) is 27.2 Å². The summed E-state index contributed by atoms with van der Waals surface area (Å²) in [6.45, 7) is 0.309. The molecule has 7 heteroatoms. The lowest BCUT2D eigenvalue weighted by molar-refractivity contribution is -0.141. The average molecular weight is 357 g/mol. The lowest BCUT2D eigenvalue weighted by atomic mass is 10.0. The minimum Gasteiger partial charge on any atom is -0.508 e. The smallest absolute Gasteiger partial charge is 0.326 e. The first kappa shape index (κ1) is 19.0. The topological polar surface area (TPSA) is 113 Å². The fourth-order valence-electron chi connectivity index (χ4n) is 2.38. The van der Waals surface area contributed by atoms with Gasteiger partial charge in [-0.1, -0.05) is 24.3 Å². The van der Waals surface area contributed by atoms with Crippen molar-refractivity contribution in [1.82, 2.24) is 5.32 Å². The molecule has 0 fully saturated rings. The highest BCUT2D eigenvalue weighted by Gasteiger charge is 2.20.